The Kier molecular flexibility index (Phi) is 5.09. The fourth-order valence-corrected chi connectivity index (χ4v) is 3.69. The van der Waals surface area contributed by atoms with Crippen LogP contribution in [0.15, 0.2) is 24.3 Å². The second-order valence-corrected chi connectivity index (χ2v) is 7.49. The molecule has 1 amide bonds. The number of hydrogen-bond donors (Lipinski definition) is 0. The number of carbonyl (C=O) groups is 1. The lowest BCUT2D eigenvalue weighted by molar-refractivity contribution is -0.137. The molecule has 3 nitrogen and oxygen atoms in total. The molecule has 1 saturated carbocycles. The van der Waals surface area contributed by atoms with Crippen LogP contribution in [0.5, 0.6) is 0 Å². The lowest BCUT2D eigenvalue weighted by Crippen LogP contribution is -2.45. The summed E-state index contributed by atoms with van der Waals surface area (Å²) in [7, 11) is 1.95. The predicted molar refractivity (Wildman–Crippen MR) is 89.8 cm³/mol. The van der Waals surface area contributed by atoms with Crippen LogP contribution in [0.25, 0.3) is 0 Å². The van der Waals surface area contributed by atoms with E-state index in [0.29, 0.717) is 24.1 Å². The fraction of sp³-hybridized carbons (Fsp3) is 0.632. The Balaban J connectivity index is 1.53. The van der Waals surface area contributed by atoms with Crippen LogP contribution in [-0.4, -0.2) is 41.9 Å². The maximum absolute atomic E-state index is 12.8. The van der Waals surface area contributed by atoms with Crippen LogP contribution < -0.4 is 0 Å². The first-order chi connectivity index (χ1) is 11.8. The van der Waals surface area contributed by atoms with Crippen molar-refractivity contribution in [2.45, 2.75) is 44.9 Å². The standard InChI is InChI=1S/C19H25F3N2O/c1-13-10-17(13)18(25)24-8-6-16(7-9-24)23(2)12-14-4-3-5-15(11-14)19(20,21)22/h3-5,11,13,16-17H,6-10,12H2,1-2H3/t13-,17+/m0/s1. The minimum absolute atomic E-state index is 0.222. The Labute approximate surface area is 146 Å². The molecule has 6 heteroatoms. The Morgan fingerprint density at radius 2 is 1.92 bits per heavy atom. The van der Waals surface area contributed by atoms with Gasteiger partial charge in [-0.15, -0.1) is 0 Å². The summed E-state index contributed by atoms with van der Waals surface area (Å²) in [6, 6.07) is 5.83. The third-order valence-electron chi connectivity index (χ3n) is 5.51. The summed E-state index contributed by atoms with van der Waals surface area (Å²) in [5, 5.41) is 0. The van der Waals surface area contributed by atoms with Gasteiger partial charge in [0.1, 0.15) is 0 Å². The first-order valence-electron chi connectivity index (χ1n) is 8.91. The van der Waals surface area contributed by atoms with Crippen molar-refractivity contribution in [3.05, 3.63) is 35.4 Å². The van der Waals surface area contributed by atoms with Crippen LogP contribution in [0.3, 0.4) is 0 Å². The van der Waals surface area contributed by atoms with Gasteiger partial charge in [0.25, 0.3) is 0 Å². The molecule has 1 aliphatic carbocycles. The van der Waals surface area contributed by atoms with Gasteiger partial charge in [-0.3, -0.25) is 9.69 Å². The Morgan fingerprint density at radius 3 is 2.48 bits per heavy atom. The quantitative estimate of drug-likeness (QED) is 0.821. The number of amides is 1. The van der Waals surface area contributed by atoms with Crippen LogP contribution in [0.1, 0.15) is 37.3 Å². The minimum atomic E-state index is -4.31. The van der Waals surface area contributed by atoms with Crippen molar-refractivity contribution in [2.75, 3.05) is 20.1 Å². The molecule has 0 bridgehead atoms. The van der Waals surface area contributed by atoms with Gasteiger partial charge in [-0.25, -0.2) is 0 Å². The highest BCUT2D eigenvalue weighted by Gasteiger charge is 2.42. The zero-order valence-electron chi connectivity index (χ0n) is 14.7. The van der Waals surface area contributed by atoms with Crippen LogP contribution >= 0.6 is 0 Å². The number of nitrogens with zero attached hydrogens (tertiary/aromatic N) is 2. The zero-order valence-corrected chi connectivity index (χ0v) is 14.7. The number of piperidine rings is 1. The summed E-state index contributed by atoms with van der Waals surface area (Å²) in [4.78, 5) is 16.3. The molecular formula is C19H25F3N2O. The largest absolute Gasteiger partial charge is 0.416 e. The van der Waals surface area contributed by atoms with Crippen molar-refractivity contribution in [1.29, 1.82) is 0 Å². The van der Waals surface area contributed by atoms with E-state index < -0.39 is 11.7 Å². The molecule has 1 aromatic carbocycles. The van der Waals surface area contributed by atoms with Crippen LogP contribution in [-0.2, 0) is 17.5 Å². The summed E-state index contributed by atoms with van der Waals surface area (Å²) in [5.41, 5.74) is 0.0694. The van der Waals surface area contributed by atoms with Gasteiger partial charge >= 0.3 is 6.18 Å². The van der Waals surface area contributed by atoms with Crippen molar-refractivity contribution in [3.63, 3.8) is 0 Å². The number of rotatable bonds is 4. The number of hydrogen-bond acceptors (Lipinski definition) is 2. The highest BCUT2D eigenvalue weighted by molar-refractivity contribution is 5.81. The lowest BCUT2D eigenvalue weighted by Gasteiger charge is -2.37. The average Bonchev–Trinajstić information content (AvgIpc) is 3.30. The number of likely N-dealkylation sites (tertiary alicyclic amines) is 1. The fourth-order valence-electron chi connectivity index (χ4n) is 3.69. The third-order valence-corrected chi connectivity index (χ3v) is 5.51. The Bertz CT molecular complexity index is 623. The molecule has 1 aliphatic heterocycles. The molecule has 0 unspecified atom stereocenters. The monoisotopic (exact) mass is 354 g/mol. The molecule has 138 valence electrons. The maximum atomic E-state index is 12.8. The van der Waals surface area contributed by atoms with E-state index in [0.717, 1.165) is 38.4 Å². The topological polar surface area (TPSA) is 23.6 Å². The first-order valence-corrected chi connectivity index (χ1v) is 8.91. The first kappa shape index (κ1) is 18.2. The average molecular weight is 354 g/mol. The van der Waals surface area contributed by atoms with E-state index in [4.69, 9.17) is 0 Å². The van der Waals surface area contributed by atoms with E-state index in [-0.39, 0.29) is 11.8 Å². The van der Waals surface area contributed by atoms with Crippen molar-refractivity contribution >= 4 is 5.91 Å². The van der Waals surface area contributed by atoms with Crippen molar-refractivity contribution < 1.29 is 18.0 Å². The van der Waals surface area contributed by atoms with Gasteiger partial charge < -0.3 is 4.90 Å². The van der Waals surface area contributed by atoms with Gasteiger partial charge in [0.15, 0.2) is 0 Å². The highest BCUT2D eigenvalue weighted by atomic mass is 19.4. The smallest absolute Gasteiger partial charge is 0.342 e. The van der Waals surface area contributed by atoms with E-state index in [1.807, 2.05) is 11.9 Å². The number of benzene rings is 1. The van der Waals surface area contributed by atoms with Gasteiger partial charge in [0, 0.05) is 31.6 Å². The Hall–Kier alpha value is -1.56. The van der Waals surface area contributed by atoms with E-state index in [9.17, 15) is 18.0 Å². The zero-order chi connectivity index (χ0) is 18.2. The molecule has 3 rings (SSSR count). The van der Waals surface area contributed by atoms with Gasteiger partial charge in [-0.2, -0.15) is 13.2 Å². The number of carbonyl (C=O) groups excluding carboxylic acids is 1. The normalized spacial score (nSPS) is 24.6. The maximum Gasteiger partial charge on any atom is 0.416 e. The van der Waals surface area contributed by atoms with E-state index in [2.05, 4.69) is 11.8 Å². The molecule has 25 heavy (non-hydrogen) atoms. The molecule has 2 fully saturated rings. The SMILES string of the molecule is C[C@H]1C[C@H]1C(=O)N1CCC(N(C)Cc2cccc(C(F)(F)F)c2)CC1. The van der Waals surface area contributed by atoms with Crippen molar-refractivity contribution in [3.8, 4) is 0 Å². The molecule has 2 aliphatic rings. The third kappa shape index (κ3) is 4.35. The summed E-state index contributed by atoms with van der Waals surface area (Å²) in [6.07, 6.45) is -1.54. The van der Waals surface area contributed by atoms with Gasteiger partial charge in [0.2, 0.25) is 5.91 Å². The van der Waals surface area contributed by atoms with Crippen LogP contribution in [0.4, 0.5) is 13.2 Å². The molecule has 0 radical (unpaired) electrons. The summed E-state index contributed by atoms with van der Waals surface area (Å²) >= 11 is 0. The predicted octanol–water partition coefficient (Wildman–Crippen LogP) is 3.78. The molecule has 1 aromatic rings. The van der Waals surface area contributed by atoms with Crippen LogP contribution in [0.2, 0.25) is 0 Å². The molecule has 1 saturated heterocycles. The highest BCUT2D eigenvalue weighted by Crippen LogP contribution is 2.39. The minimum Gasteiger partial charge on any atom is -0.342 e. The van der Waals surface area contributed by atoms with Gasteiger partial charge in [-0.1, -0.05) is 25.1 Å². The molecule has 0 aromatic heterocycles. The molecule has 2 atom stereocenters. The van der Waals surface area contributed by atoms with E-state index in [1.54, 1.807) is 6.07 Å². The van der Waals surface area contributed by atoms with E-state index >= 15 is 0 Å². The van der Waals surface area contributed by atoms with Crippen molar-refractivity contribution in [1.82, 2.24) is 9.80 Å². The number of alkyl halides is 3. The molecule has 0 N–H and O–H groups in total. The summed E-state index contributed by atoms with van der Waals surface area (Å²) < 4.78 is 38.5. The van der Waals surface area contributed by atoms with Crippen LogP contribution in [0, 0.1) is 11.8 Å². The molecular weight excluding hydrogens is 329 g/mol. The van der Waals surface area contributed by atoms with Gasteiger partial charge in [0.05, 0.1) is 5.56 Å². The number of halogens is 3. The molecule has 1 heterocycles. The van der Waals surface area contributed by atoms with E-state index in [1.165, 1.54) is 12.1 Å². The Morgan fingerprint density at radius 1 is 1.28 bits per heavy atom. The second kappa shape index (κ2) is 6.98. The molecule has 0 spiro atoms. The summed E-state index contributed by atoms with van der Waals surface area (Å²) in [6.45, 7) is 4.10. The van der Waals surface area contributed by atoms with Crippen molar-refractivity contribution in [2.24, 2.45) is 11.8 Å². The lowest BCUT2D eigenvalue weighted by atomic mass is 10.0. The van der Waals surface area contributed by atoms with Gasteiger partial charge in [-0.05, 0) is 43.9 Å². The summed E-state index contributed by atoms with van der Waals surface area (Å²) in [5.74, 6) is 1.03. The second-order valence-electron chi connectivity index (χ2n) is 7.49.